The van der Waals surface area contributed by atoms with Crippen LogP contribution in [0.25, 0.3) is 10.8 Å². The molecular formula is C22H23BrN2O4S. The quantitative estimate of drug-likeness (QED) is 0.524. The number of benzene rings is 3. The zero-order chi connectivity index (χ0) is 21.9. The van der Waals surface area contributed by atoms with Gasteiger partial charge >= 0.3 is 0 Å². The molecule has 0 heterocycles. The van der Waals surface area contributed by atoms with Gasteiger partial charge in [-0.3, -0.25) is 4.79 Å². The van der Waals surface area contributed by atoms with Crippen molar-refractivity contribution < 1.29 is 17.9 Å². The molecule has 30 heavy (non-hydrogen) atoms. The molecule has 0 atom stereocenters. The Hall–Kier alpha value is -2.42. The van der Waals surface area contributed by atoms with Gasteiger partial charge in [0.1, 0.15) is 5.75 Å². The lowest BCUT2D eigenvalue weighted by Gasteiger charge is -2.20. The molecule has 0 saturated carbocycles. The summed E-state index contributed by atoms with van der Waals surface area (Å²) in [4.78, 5) is 12.4. The van der Waals surface area contributed by atoms with Crippen LogP contribution >= 0.6 is 15.9 Å². The van der Waals surface area contributed by atoms with Crippen LogP contribution < -0.4 is 14.8 Å². The van der Waals surface area contributed by atoms with Gasteiger partial charge in [-0.2, -0.15) is 0 Å². The molecule has 0 saturated heterocycles. The van der Waals surface area contributed by atoms with E-state index in [1.165, 1.54) is 12.1 Å². The fourth-order valence-corrected chi connectivity index (χ4v) is 4.87. The number of sulfonamides is 1. The predicted molar refractivity (Wildman–Crippen MR) is 122 cm³/mol. The van der Waals surface area contributed by atoms with Crippen molar-refractivity contribution in [1.82, 2.24) is 4.72 Å². The Bertz CT molecular complexity index is 1170. The fraction of sp³-hybridized carbons (Fsp3) is 0.227. The Morgan fingerprint density at radius 2 is 1.67 bits per heavy atom. The van der Waals surface area contributed by atoms with Crippen LogP contribution in [0.15, 0.2) is 70.0 Å². The number of fused-ring (bicyclic) bond motifs is 1. The minimum Gasteiger partial charge on any atom is -0.483 e. The Kier molecular flexibility index (Phi) is 6.50. The van der Waals surface area contributed by atoms with Crippen molar-refractivity contribution in [3.8, 4) is 5.75 Å². The number of carbonyl (C=O) groups is 1. The minimum absolute atomic E-state index is 0.131. The molecule has 0 spiro atoms. The molecule has 0 unspecified atom stereocenters. The number of halogens is 1. The number of anilines is 1. The van der Waals surface area contributed by atoms with Gasteiger partial charge in [0.15, 0.2) is 6.61 Å². The maximum atomic E-state index is 12.3. The van der Waals surface area contributed by atoms with Gasteiger partial charge in [0.2, 0.25) is 10.0 Å². The van der Waals surface area contributed by atoms with Crippen LogP contribution in [0.2, 0.25) is 0 Å². The van der Waals surface area contributed by atoms with Crippen molar-refractivity contribution in [2.45, 2.75) is 31.2 Å². The number of ether oxygens (including phenoxy) is 1. The first-order chi connectivity index (χ1) is 14.0. The maximum absolute atomic E-state index is 12.3. The van der Waals surface area contributed by atoms with Gasteiger partial charge in [-0.1, -0.05) is 30.3 Å². The molecule has 2 N–H and O–H groups in total. The highest BCUT2D eigenvalue weighted by molar-refractivity contribution is 9.10. The van der Waals surface area contributed by atoms with Crippen LogP contribution in [-0.4, -0.2) is 26.5 Å². The van der Waals surface area contributed by atoms with E-state index in [1.54, 1.807) is 32.9 Å². The number of carbonyl (C=O) groups excluding carboxylic acids is 1. The summed E-state index contributed by atoms with van der Waals surface area (Å²) < 4.78 is 33.7. The first-order valence-corrected chi connectivity index (χ1v) is 11.6. The van der Waals surface area contributed by atoms with Crippen LogP contribution in [0, 0.1) is 0 Å². The highest BCUT2D eigenvalue weighted by Gasteiger charge is 2.21. The number of hydrogen-bond donors (Lipinski definition) is 2. The molecule has 3 aromatic carbocycles. The van der Waals surface area contributed by atoms with E-state index >= 15 is 0 Å². The topological polar surface area (TPSA) is 84.5 Å². The largest absolute Gasteiger partial charge is 0.483 e. The lowest BCUT2D eigenvalue weighted by molar-refractivity contribution is -0.118. The lowest BCUT2D eigenvalue weighted by atomic mass is 10.1. The zero-order valence-electron chi connectivity index (χ0n) is 16.9. The number of rotatable bonds is 6. The molecular weight excluding hydrogens is 468 g/mol. The second-order valence-electron chi connectivity index (χ2n) is 7.82. The van der Waals surface area contributed by atoms with E-state index in [0.717, 1.165) is 15.2 Å². The Balaban J connectivity index is 1.62. The van der Waals surface area contributed by atoms with Crippen LogP contribution in [0.1, 0.15) is 20.8 Å². The molecule has 0 fully saturated rings. The highest BCUT2D eigenvalue weighted by atomic mass is 79.9. The van der Waals surface area contributed by atoms with Crippen LogP contribution in [0.3, 0.4) is 0 Å². The summed E-state index contributed by atoms with van der Waals surface area (Å²) in [5.41, 5.74) is -0.101. The van der Waals surface area contributed by atoms with E-state index in [-0.39, 0.29) is 17.4 Å². The van der Waals surface area contributed by atoms with E-state index in [0.29, 0.717) is 11.4 Å². The van der Waals surface area contributed by atoms with Gasteiger partial charge in [-0.25, -0.2) is 13.1 Å². The maximum Gasteiger partial charge on any atom is 0.262 e. The third-order valence-electron chi connectivity index (χ3n) is 4.08. The summed E-state index contributed by atoms with van der Waals surface area (Å²) in [7, 11) is -3.62. The van der Waals surface area contributed by atoms with E-state index in [2.05, 4.69) is 26.0 Å². The summed E-state index contributed by atoms with van der Waals surface area (Å²) in [5, 5.41) is 4.76. The van der Waals surface area contributed by atoms with Gasteiger partial charge in [0, 0.05) is 11.2 Å². The van der Waals surface area contributed by atoms with Crippen LogP contribution in [0.5, 0.6) is 5.75 Å². The van der Waals surface area contributed by atoms with Crippen molar-refractivity contribution in [1.29, 1.82) is 0 Å². The van der Waals surface area contributed by atoms with Gasteiger partial charge < -0.3 is 10.1 Å². The van der Waals surface area contributed by atoms with Crippen LogP contribution in [-0.2, 0) is 14.8 Å². The molecule has 0 aliphatic heterocycles. The van der Waals surface area contributed by atoms with Crippen LogP contribution in [0.4, 0.5) is 5.69 Å². The van der Waals surface area contributed by atoms with E-state index in [1.807, 2.05) is 36.4 Å². The highest BCUT2D eigenvalue weighted by Crippen LogP contribution is 2.33. The minimum atomic E-state index is -3.62. The summed E-state index contributed by atoms with van der Waals surface area (Å²) in [6.07, 6.45) is 0. The molecule has 8 heteroatoms. The molecule has 0 aromatic heterocycles. The average molecular weight is 491 g/mol. The zero-order valence-corrected chi connectivity index (χ0v) is 19.3. The monoisotopic (exact) mass is 490 g/mol. The van der Waals surface area contributed by atoms with Gasteiger partial charge in [0.05, 0.1) is 9.37 Å². The van der Waals surface area contributed by atoms with Crippen molar-refractivity contribution in [3.63, 3.8) is 0 Å². The fourth-order valence-electron chi connectivity index (χ4n) is 2.84. The molecule has 0 bridgehead atoms. The third-order valence-corrected chi connectivity index (χ3v) is 6.67. The third kappa shape index (κ3) is 5.59. The molecule has 158 valence electrons. The Morgan fingerprint density at radius 1 is 1.00 bits per heavy atom. The van der Waals surface area contributed by atoms with Gasteiger partial charge in [0.25, 0.3) is 5.91 Å². The van der Waals surface area contributed by atoms with E-state index < -0.39 is 15.6 Å². The Morgan fingerprint density at radius 3 is 2.33 bits per heavy atom. The number of amides is 1. The van der Waals surface area contributed by atoms with Crippen molar-refractivity contribution in [2.75, 3.05) is 11.9 Å². The molecule has 3 aromatic rings. The predicted octanol–water partition coefficient (Wildman–Crippen LogP) is 4.70. The number of hydrogen-bond acceptors (Lipinski definition) is 4. The molecule has 1 amide bonds. The number of nitrogens with one attached hydrogen (secondary N) is 2. The molecule has 0 aliphatic rings. The molecule has 0 radical (unpaired) electrons. The van der Waals surface area contributed by atoms with Gasteiger partial charge in [-0.15, -0.1) is 0 Å². The summed E-state index contributed by atoms with van der Waals surface area (Å²) in [5.74, 6) is 0.219. The van der Waals surface area contributed by atoms with Crippen molar-refractivity contribution in [3.05, 3.63) is 65.1 Å². The SMILES string of the molecule is CC(C)(C)NS(=O)(=O)c1ccc(NC(=O)COc2ccc3ccccc3c2Br)cc1. The molecule has 0 aliphatic carbocycles. The lowest BCUT2D eigenvalue weighted by Crippen LogP contribution is -2.40. The van der Waals surface area contributed by atoms with Crippen molar-refractivity contribution in [2.24, 2.45) is 0 Å². The standard InChI is InChI=1S/C22H23BrN2O4S/c1-22(2,3)25-30(27,28)17-11-9-16(10-12-17)24-20(26)14-29-19-13-8-15-6-4-5-7-18(15)21(19)23/h4-13,25H,14H2,1-3H3,(H,24,26). The average Bonchev–Trinajstić information content (AvgIpc) is 2.66. The smallest absolute Gasteiger partial charge is 0.262 e. The summed E-state index contributed by atoms with van der Waals surface area (Å²) >= 11 is 3.53. The molecule has 3 rings (SSSR count). The molecule has 6 nitrogen and oxygen atoms in total. The summed E-state index contributed by atoms with van der Waals surface area (Å²) in [6, 6.07) is 17.6. The Labute approximate surface area is 184 Å². The first-order valence-electron chi connectivity index (χ1n) is 9.29. The second-order valence-corrected chi connectivity index (χ2v) is 10.3. The van der Waals surface area contributed by atoms with E-state index in [9.17, 15) is 13.2 Å². The normalized spacial score (nSPS) is 12.0. The van der Waals surface area contributed by atoms with Gasteiger partial charge in [-0.05, 0) is 77.8 Å². The first kappa shape index (κ1) is 22.3. The van der Waals surface area contributed by atoms with Crippen molar-refractivity contribution >= 4 is 48.3 Å². The summed E-state index contributed by atoms with van der Waals surface area (Å²) in [6.45, 7) is 5.13. The second kappa shape index (κ2) is 8.75. The van der Waals surface area contributed by atoms with E-state index in [4.69, 9.17) is 4.74 Å².